The second kappa shape index (κ2) is 3.59. The number of halogens is 1. The number of rotatable bonds is 3. The Hall–Kier alpha value is -1.07. The Morgan fingerprint density at radius 1 is 1.79 bits per heavy atom. The van der Waals surface area contributed by atoms with E-state index in [-0.39, 0.29) is 23.6 Å². The molecule has 1 aromatic heterocycles. The first-order valence-corrected chi connectivity index (χ1v) is 4.70. The van der Waals surface area contributed by atoms with Crippen molar-refractivity contribution in [1.29, 1.82) is 0 Å². The predicted octanol–water partition coefficient (Wildman–Crippen LogP) is 0.216. The van der Waals surface area contributed by atoms with Crippen LogP contribution in [0.4, 0.5) is 5.69 Å². The summed E-state index contributed by atoms with van der Waals surface area (Å²) in [4.78, 5) is 11.1. The van der Waals surface area contributed by atoms with Crippen LogP contribution in [-0.4, -0.2) is 28.0 Å². The predicted molar refractivity (Wildman–Crippen MR) is 52.5 cm³/mol. The Morgan fingerprint density at radius 3 is 3.21 bits per heavy atom. The monoisotopic (exact) mass is 215 g/mol. The Morgan fingerprint density at radius 2 is 2.57 bits per heavy atom. The Labute approximate surface area is 85.1 Å². The van der Waals surface area contributed by atoms with Gasteiger partial charge in [0.15, 0.2) is 0 Å². The van der Waals surface area contributed by atoms with Crippen LogP contribution in [0.15, 0.2) is 11.0 Å². The van der Waals surface area contributed by atoms with Crippen molar-refractivity contribution in [2.75, 3.05) is 11.9 Å². The van der Waals surface area contributed by atoms with Gasteiger partial charge in [-0.25, -0.2) is 5.10 Å². The minimum atomic E-state index is -0.405. The number of hydrogen-bond donors (Lipinski definition) is 3. The second-order valence-corrected chi connectivity index (χ2v) is 3.73. The van der Waals surface area contributed by atoms with E-state index < -0.39 is 5.56 Å². The van der Waals surface area contributed by atoms with Crippen molar-refractivity contribution in [2.24, 2.45) is 5.92 Å². The van der Waals surface area contributed by atoms with E-state index in [1.165, 1.54) is 6.20 Å². The van der Waals surface area contributed by atoms with Crippen molar-refractivity contribution < 1.29 is 5.11 Å². The van der Waals surface area contributed by atoms with E-state index in [9.17, 15) is 4.79 Å². The van der Waals surface area contributed by atoms with Gasteiger partial charge in [0.2, 0.25) is 0 Å². The van der Waals surface area contributed by atoms with Crippen LogP contribution in [0.3, 0.4) is 0 Å². The van der Waals surface area contributed by atoms with Gasteiger partial charge in [-0.1, -0.05) is 11.6 Å². The first-order chi connectivity index (χ1) is 6.72. The van der Waals surface area contributed by atoms with Crippen LogP contribution in [0.1, 0.15) is 6.42 Å². The molecule has 76 valence electrons. The molecule has 1 aliphatic rings. The van der Waals surface area contributed by atoms with E-state index in [0.29, 0.717) is 5.69 Å². The summed E-state index contributed by atoms with van der Waals surface area (Å²) in [5.41, 5.74) is 0.120. The molecule has 5 nitrogen and oxygen atoms in total. The highest BCUT2D eigenvalue weighted by Gasteiger charge is 2.36. The molecule has 0 spiro atoms. The Kier molecular flexibility index (Phi) is 2.43. The molecule has 6 heteroatoms. The van der Waals surface area contributed by atoms with Crippen LogP contribution < -0.4 is 10.9 Å². The number of aliphatic hydroxyl groups excluding tert-OH is 1. The lowest BCUT2D eigenvalue weighted by Gasteiger charge is -2.05. The average molecular weight is 216 g/mol. The fourth-order valence-electron chi connectivity index (χ4n) is 1.31. The van der Waals surface area contributed by atoms with Gasteiger partial charge in [-0.05, 0) is 6.42 Å². The first-order valence-electron chi connectivity index (χ1n) is 4.33. The largest absolute Gasteiger partial charge is 0.396 e. The fraction of sp³-hybridized carbons (Fsp3) is 0.500. The van der Waals surface area contributed by atoms with E-state index in [0.717, 1.165) is 6.42 Å². The molecule has 1 aliphatic carbocycles. The summed E-state index contributed by atoms with van der Waals surface area (Å²) in [6.07, 6.45) is 2.37. The van der Waals surface area contributed by atoms with Crippen LogP contribution in [0.2, 0.25) is 5.02 Å². The van der Waals surface area contributed by atoms with Gasteiger partial charge < -0.3 is 10.4 Å². The summed E-state index contributed by atoms with van der Waals surface area (Å²) in [6, 6.07) is 0.209. The molecular formula is C8H10ClN3O2. The molecule has 14 heavy (non-hydrogen) atoms. The lowest BCUT2D eigenvalue weighted by atomic mass is 10.4. The molecule has 1 fully saturated rings. The third kappa shape index (κ3) is 1.73. The number of anilines is 1. The highest BCUT2D eigenvalue weighted by molar-refractivity contribution is 6.32. The van der Waals surface area contributed by atoms with Gasteiger partial charge in [-0.15, -0.1) is 0 Å². The van der Waals surface area contributed by atoms with Crippen molar-refractivity contribution in [3.63, 3.8) is 0 Å². The van der Waals surface area contributed by atoms with Gasteiger partial charge in [0, 0.05) is 18.6 Å². The Bertz CT molecular complexity index is 392. The van der Waals surface area contributed by atoms with Crippen LogP contribution in [0.25, 0.3) is 0 Å². The van der Waals surface area contributed by atoms with Crippen LogP contribution in [-0.2, 0) is 0 Å². The molecule has 2 rings (SSSR count). The lowest BCUT2D eigenvalue weighted by molar-refractivity contribution is 0.275. The number of aromatic amines is 1. The molecule has 1 aromatic rings. The number of H-pyrrole nitrogens is 1. The summed E-state index contributed by atoms with van der Waals surface area (Å²) in [5, 5.41) is 17.8. The molecule has 0 aromatic carbocycles. The van der Waals surface area contributed by atoms with Gasteiger partial charge in [-0.3, -0.25) is 4.79 Å². The molecule has 1 saturated carbocycles. The first kappa shape index (κ1) is 9.48. The lowest BCUT2D eigenvalue weighted by Crippen LogP contribution is -2.14. The summed E-state index contributed by atoms with van der Waals surface area (Å²) < 4.78 is 0. The summed E-state index contributed by atoms with van der Waals surface area (Å²) in [5.74, 6) is 0.269. The zero-order valence-corrected chi connectivity index (χ0v) is 8.08. The van der Waals surface area contributed by atoms with E-state index >= 15 is 0 Å². The molecular weight excluding hydrogens is 206 g/mol. The van der Waals surface area contributed by atoms with Crippen molar-refractivity contribution in [3.05, 3.63) is 21.6 Å². The van der Waals surface area contributed by atoms with Crippen molar-refractivity contribution in [1.82, 2.24) is 10.2 Å². The second-order valence-electron chi connectivity index (χ2n) is 3.36. The Balaban J connectivity index is 2.10. The van der Waals surface area contributed by atoms with E-state index in [2.05, 4.69) is 15.5 Å². The zero-order valence-electron chi connectivity index (χ0n) is 7.33. The highest BCUT2D eigenvalue weighted by Crippen LogP contribution is 2.33. The minimum absolute atomic E-state index is 0.114. The number of nitrogens with zero attached hydrogens (tertiary/aromatic N) is 1. The topological polar surface area (TPSA) is 78.0 Å². The van der Waals surface area contributed by atoms with Crippen LogP contribution in [0, 0.1) is 5.92 Å². The van der Waals surface area contributed by atoms with Crippen LogP contribution >= 0.6 is 11.6 Å². The summed E-state index contributed by atoms with van der Waals surface area (Å²) in [6.45, 7) is 0.159. The quantitative estimate of drug-likeness (QED) is 0.674. The molecule has 3 N–H and O–H groups in total. The SMILES string of the molecule is O=c1[nH]ncc(N[C@@H]2C[C@H]2CO)c1Cl. The summed E-state index contributed by atoms with van der Waals surface area (Å²) >= 11 is 5.75. The minimum Gasteiger partial charge on any atom is -0.396 e. The third-order valence-electron chi connectivity index (χ3n) is 2.29. The van der Waals surface area contributed by atoms with E-state index in [1.807, 2.05) is 0 Å². The maximum absolute atomic E-state index is 11.1. The molecule has 2 atom stereocenters. The van der Waals surface area contributed by atoms with E-state index in [1.54, 1.807) is 0 Å². The van der Waals surface area contributed by atoms with Gasteiger partial charge in [0.25, 0.3) is 5.56 Å². The average Bonchev–Trinajstić information content (AvgIpc) is 2.92. The van der Waals surface area contributed by atoms with Crippen LogP contribution in [0.5, 0.6) is 0 Å². The van der Waals surface area contributed by atoms with E-state index in [4.69, 9.17) is 16.7 Å². The fourth-order valence-corrected chi connectivity index (χ4v) is 1.46. The standard InChI is InChI=1S/C8H10ClN3O2/c9-7-6(2-10-12-8(7)14)11-5-1-4(5)3-13/h2,4-5,13H,1,3H2,(H2,11,12,14)/t4-,5+/m0/s1. The molecule has 1 heterocycles. The van der Waals surface area contributed by atoms with Crippen molar-refractivity contribution >= 4 is 17.3 Å². The maximum atomic E-state index is 11.1. The maximum Gasteiger partial charge on any atom is 0.285 e. The molecule has 0 bridgehead atoms. The number of nitrogens with one attached hydrogen (secondary N) is 2. The highest BCUT2D eigenvalue weighted by atomic mass is 35.5. The van der Waals surface area contributed by atoms with Crippen molar-refractivity contribution in [3.8, 4) is 0 Å². The number of aliphatic hydroxyl groups is 1. The molecule has 0 aliphatic heterocycles. The smallest absolute Gasteiger partial charge is 0.285 e. The normalized spacial score (nSPS) is 24.7. The molecule has 0 saturated heterocycles. The molecule has 0 unspecified atom stereocenters. The third-order valence-corrected chi connectivity index (χ3v) is 2.67. The summed E-state index contributed by atoms with van der Waals surface area (Å²) in [7, 11) is 0. The van der Waals surface area contributed by atoms with Gasteiger partial charge in [-0.2, -0.15) is 5.10 Å². The van der Waals surface area contributed by atoms with Crippen molar-refractivity contribution in [2.45, 2.75) is 12.5 Å². The van der Waals surface area contributed by atoms with Gasteiger partial charge in [0.1, 0.15) is 5.02 Å². The molecule has 0 radical (unpaired) electrons. The van der Waals surface area contributed by atoms with Gasteiger partial charge >= 0.3 is 0 Å². The zero-order chi connectivity index (χ0) is 10.1. The van der Waals surface area contributed by atoms with Gasteiger partial charge in [0.05, 0.1) is 11.9 Å². The molecule has 0 amide bonds. The number of aromatic nitrogens is 2. The number of hydrogen-bond acceptors (Lipinski definition) is 4.